The van der Waals surface area contributed by atoms with Gasteiger partial charge in [0.15, 0.2) is 0 Å². The van der Waals surface area contributed by atoms with Gasteiger partial charge in [0, 0.05) is 19.8 Å². The molecular weight excluding hydrogens is 294 g/mol. The average Bonchev–Trinajstić information content (AvgIpc) is 2.81. The first-order chi connectivity index (χ1) is 9.72. The Morgan fingerprint density at radius 1 is 1.43 bits per heavy atom. The number of aryl methyl sites for hydroxylation is 1. The van der Waals surface area contributed by atoms with Crippen molar-refractivity contribution in [2.75, 3.05) is 6.54 Å². The molecule has 1 unspecified atom stereocenters. The summed E-state index contributed by atoms with van der Waals surface area (Å²) in [5.41, 5.74) is 5.26. The van der Waals surface area contributed by atoms with E-state index in [1.54, 1.807) is 0 Å². The predicted octanol–water partition coefficient (Wildman–Crippen LogP) is 0.199. The topological polar surface area (TPSA) is 114 Å². The number of rotatable bonds is 8. The van der Waals surface area contributed by atoms with Crippen molar-refractivity contribution in [1.29, 1.82) is 0 Å². The molecule has 0 fully saturated rings. The highest BCUT2D eigenvalue weighted by molar-refractivity contribution is 7.89. The van der Waals surface area contributed by atoms with Gasteiger partial charge in [0.25, 0.3) is 5.91 Å². The Morgan fingerprint density at radius 2 is 2.00 bits per heavy atom. The van der Waals surface area contributed by atoms with Crippen molar-refractivity contribution >= 4 is 15.9 Å². The van der Waals surface area contributed by atoms with E-state index < -0.39 is 22.0 Å². The van der Waals surface area contributed by atoms with Gasteiger partial charge in [0.2, 0.25) is 10.0 Å². The maximum atomic E-state index is 12.1. The fourth-order valence-corrected chi connectivity index (χ4v) is 3.32. The van der Waals surface area contributed by atoms with E-state index in [1.165, 1.54) is 23.9 Å². The Bertz CT molecular complexity index is 591. The van der Waals surface area contributed by atoms with E-state index in [0.29, 0.717) is 0 Å². The molecule has 0 aliphatic heterocycles. The molecule has 0 aromatic carbocycles. The van der Waals surface area contributed by atoms with Gasteiger partial charge in [-0.15, -0.1) is 0 Å². The SMILES string of the molecule is CCC(CC)C(O)CNS(=O)(=O)c1cc(C(N)=O)n(C)c1. The number of aliphatic hydroxyl groups excluding tert-OH is 1. The van der Waals surface area contributed by atoms with Crippen molar-refractivity contribution in [3.05, 3.63) is 18.0 Å². The maximum Gasteiger partial charge on any atom is 0.265 e. The maximum absolute atomic E-state index is 12.1. The van der Waals surface area contributed by atoms with E-state index in [9.17, 15) is 18.3 Å². The third-order valence-corrected chi connectivity index (χ3v) is 5.01. The number of sulfonamides is 1. The van der Waals surface area contributed by atoms with E-state index in [1.807, 2.05) is 13.8 Å². The molecule has 0 radical (unpaired) electrons. The second kappa shape index (κ2) is 7.06. The van der Waals surface area contributed by atoms with Crippen LogP contribution in [-0.2, 0) is 17.1 Å². The van der Waals surface area contributed by atoms with Crippen LogP contribution in [0.1, 0.15) is 37.2 Å². The number of amides is 1. The van der Waals surface area contributed by atoms with Crippen LogP contribution in [0.3, 0.4) is 0 Å². The number of aromatic nitrogens is 1. The number of primary amides is 1. The second-order valence-corrected chi connectivity index (χ2v) is 6.80. The smallest absolute Gasteiger partial charge is 0.265 e. The zero-order valence-electron chi connectivity index (χ0n) is 12.5. The van der Waals surface area contributed by atoms with E-state index >= 15 is 0 Å². The van der Waals surface area contributed by atoms with Crippen LogP contribution in [0.4, 0.5) is 0 Å². The van der Waals surface area contributed by atoms with Crippen LogP contribution in [0.5, 0.6) is 0 Å². The molecule has 1 amide bonds. The zero-order chi connectivity index (χ0) is 16.2. The monoisotopic (exact) mass is 317 g/mol. The van der Waals surface area contributed by atoms with Crippen molar-refractivity contribution in [3.63, 3.8) is 0 Å². The Balaban J connectivity index is 2.83. The van der Waals surface area contributed by atoms with Crippen LogP contribution in [0.25, 0.3) is 0 Å². The molecule has 0 aliphatic carbocycles. The van der Waals surface area contributed by atoms with Gasteiger partial charge in [-0.1, -0.05) is 26.7 Å². The van der Waals surface area contributed by atoms with Gasteiger partial charge in [-0.2, -0.15) is 0 Å². The number of carbonyl (C=O) groups excluding carboxylic acids is 1. The molecule has 120 valence electrons. The van der Waals surface area contributed by atoms with Gasteiger partial charge in [-0.05, 0) is 12.0 Å². The lowest BCUT2D eigenvalue weighted by Crippen LogP contribution is -2.36. The second-order valence-electron chi connectivity index (χ2n) is 5.03. The first kappa shape index (κ1) is 17.7. The van der Waals surface area contributed by atoms with Crippen LogP contribution in [0, 0.1) is 5.92 Å². The lowest BCUT2D eigenvalue weighted by molar-refractivity contribution is 0.0992. The molecule has 0 bridgehead atoms. The standard InChI is InChI=1S/C13H23N3O4S/c1-4-9(5-2)12(17)7-15-21(19,20)10-6-11(13(14)18)16(3)8-10/h6,8-9,12,15,17H,4-5,7H2,1-3H3,(H2,14,18). The number of aliphatic hydroxyl groups is 1. The lowest BCUT2D eigenvalue weighted by Gasteiger charge is -2.20. The van der Waals surface area contributed by atoms with E-state index in [2.05, 4.69) is 4.72 Å². The number of nitrogens with one attached hydrogen (secondary N) is 1. The molecule has 1 heterocycles. The van der Waals surface area contributed by atoms with Gasteiger partial charge in [-0.3, -0.25) is 4.79 Å². The molecule has 4 N–H and O–H groups in total. The first-order valence-corrected chi connectivity index (χ1v) is 8.35. The van der Waals surface area contributed by atoms with E-state index in [-0.39, 0.29) is 23.1 Å². The third-order valence-electron chi connectivity index (χ3n) is 3.62. The summed E-state index contributed by atoms with van der Waals surface area (Å²) < 4.78 is 28.0. The van der Waals surface area contributed by atoms with Gasteiger partial charge in [0.1, 0.15) is 10.6 Å². The minimum Gasteiger partial charge on any atom is -0.391 e. The molecule has 0 aliphatic rings. The molecule has 7 nitrogen and oxygen atoms in total. The van der Waals surface area contributed by atoms with Gasteiger partial charge >= 0.3 is 0 Å². The third kappa shape index (κ3) is 4.29. The van der Waals surface area contributed by atoms with Crippen LogP contribution >= 0.6 is 0 Å². The number of nitrogens with two attached hydrogens (primary N) is 1. The summed E-state index contributed by atoms with van der Waals surface area (Å²) in [7, 11) is -2.24. The van der Waals surface area contributed by atoms with Gasteiger partial charge in [-0.25, -0.2) is 13.1 Å². The molecule has 8 heteroatoms. The largest absolute Gasteiger partial charge is 0.391 e. The van der Waals surface area contributed by atoms with Crippen molar-refractivity contribution < 1.29 is 18.3 Å². The molecule has 1 rings (SSSR count). The van der Waals surface area contributed by atoms with E-state index in [0.717, 1.165) is 12.8 Å². The molecular formula is C13H23N3O4S. The average molecular weight is 317 g/mol. The summed E-state index contributed by atoms with van der Waals surface area (Å²) in [6.45, 7) is 3.83. The van der Waals surface area contributed by atoms with Crippen LogP contribution in [0.15, 0.2) is 17.2 Å². The highest BCUT2D eigenvalue weighted by Crippen LogP contribution is 2.15. The lowest BCUT2D eigenvalue weighted by atomic mass is 9.97. The Hall–Kier alpha value is -1.38. The van der Waals surface area contributed by atoms with Crippen molar-refractivity contribution in [2.45, 2.75) is 37.7 Å². The Kier molecular flexibility index (Phi) is 5.94. The number of hydrogen-bond donors (Lipinski definition) is 3. The summed E-state index contributed by atoms with van der Waals surface area (Å²) in [6, 6.07) is 1.22. The Labute approximate surface area is 125 Å². The van der Waals surface area contributed by atoms with Crippen molar-refractivity contribution in [3.8, 4) is 0 Å². The molecule has 0 saturated carbocycles. The Morgan fingerprint density at radius 3 is 2.43 bits per heavy atom. The number of hydrogen-bond acceptors (Lipinski definition) is 4. The molecule has 21 heavy (non-hydrogen) atoms. The van der Waals surface area contributed by atoms with Crippen molar-refractivity contribution in [2.24, 2.45) is 18.7 Å². The summed E-state index contributed by atoms with van der Waals surface area (Å²) in [5.74, 6) is -0.652. The van der Waals surface area contributed by atoms with E-state index in [4.69, 9.17) is 5.73 Å². The summed E-state index contributed by atoms with van der Waals surface area (Å²) >= 11 is 0. The van der Waals surface area contributed by atoms with Gasteiger partial charge < -0.3 is 15.4 Å². The minimum atomic E-state index is -3.78. The molecule has 1 atom stereocenters. The fourth-order valence-electron chi connectivity index (χ4n) is 2.20. The summed E-state index contributed by atoms with van der Waals surface area (Å²) in [4.78, 5) is 11.1. The van der Waals surface area contributed by atoms with Crippen molar-refractivity contribution in [1.82, 2.24) is 9.29 Å². The normalized spacial score (nSPS) is 13.6. The van der Waals surface area contributed by atoms with Gasteiger partial charge in [0.05, 0.1) is 6.10 Å². The van der Waals surface area contributed by atoms with Crippen LogP contribution < -0.4 is 10.5 Å². The summed E-state index contributed by atoms with van der Waals surface area (Å²) in [6.07, 6.45) is 2.12. The zero-order valence-corrected chi connectivity index (χ0v) is 13.4. The molecule has 1 aromatic heterocycles. The highest BCUT2D eigenvalue weighted by Gasteiger charge is 2.22. The predicted molar refractivity (Wildman–Crippen MR) is 79.2 cm³/mol. The summed E-state index contributed by atoms with van der Waals surface area (Å²) in [5, 5.41) is 9.96. The van der Waals surface area contributed by atoms with Crippen LogP contribution in [0.2, 0.25) is 0 Å². The van der Waals surface area contributed by atoms with Crippen LogP contribution in [-0.4, -0.2) is 36.6 Å². The molecule has 0 spiro atoms. The first-order valence-electron chi connectivity index (χ1n) is 6.86. The highest BCUT2D eigenvalue weighted by atomic mass is 32.2. The molecule has 1 aromatic rings. The number of carbonyl (C=O) groups is 1. The number of nitrogens with zero attached hydrogens (tertiary/aromatic N) is 1. The minimum absolute atomic E-state index is 0.0458. The fraction of sp³-hybridized carbons (Fsp3) is 0.615. The quantitative estimate of drug-likeness (QED) is 0.635. The molecule has 0 saturated heterocycles.